The van der Waals surface area contributed by atoms with Gasteiger partial charge in [0.1, 0.15) is 0 Å². The predicted molar refractivity (Wildman–Crippen MR) is 99.0 cm³/mol. The molecule has 1 aromatic heterocycles. The average molecular weight is 381 g/mol. The van der Waals surface area contributed by atoms with Crippen LogP contribution in [0.5, 0.6) is 11.5 Å². The molecule has 0 amide bonds. The monoisotopic (exact) mass is 381 g/mol. The van der Waals surface area contributed by atoms with Crippen LogP contribution in [0.3, 0.4) is 0 Å². The third-order valence-corrected chi connectivity index (χ3v) is 4.98. The van der Waals surface area contributed by atoms with Gasteiger partial charge in [-0.25, -0.2) is 19.8 Å². The smallest absolute Gasteiger partial charge is 0.274 e. The van der Waals surface area contributed by atoms with Crippen LogP contribution < -0.4 is 24.2 Å². The molecule has 1 aliphatic rings. The Morgan fingerprint density at radius 2 is 1.88 bits per heavy atom. The van der Waals surface area contributed by atoms with Crippen LogP contribution in [0.1, 0.15) is 25.0 Å². The summed E-state index contributed by atoms with van der Waals surface area (Å²) in [6.45, 7) is 3.83. The Bertz CT molecular complexity index is 914. The third-order valence-electron chi connectivity index (χ3n) is 4.42. The van der Waals surface area contributed by atoms with E-state index in [0.29, 0.717) is 17.4 Å². The van der Waals surface area contributed by atoms with Crippen molar-refractivity contribution in [3.05, 3.63) is 17.8 Å². The molecule has 1 atom stereocenters. The summed E-state index contributed by atoms with van der Waals surface area (Å²) in [4.78, 5) is 11.4. The van der Waals surface area contributed by atoms with Crippen molar-refractivity contribution in [3.63, 3.8) is 0 Å². The fourth-order valence-corrected chi connectivity index (χ4v) is 3.32. The van der Waals surface area contributed by atoms with Gasteiger partial charge in [-0.05, 0) is 12.5 Å². The van der Waals surface area contributed by atoms with Gasteiger partial charge in [0.05, 0.1) is 25.4 Å². The van der Waals surface area contributed by atoms with Crippen LogP contribution >= 0.6 is 0 Å². The highest BCUT2D eigenvalue weighted by atomic mass is 32.2. The number of hydrogen-bond donors (Lipinski definition) is 2. The topological polar surface area (TPSA) is 120 Å². The molecule has 9 nitrogen and oxygen atoms in total. The fourth-order valence-electron chi connectivity index (χ4n) is 2.84. The molecule has 3 N–H and O–H groups in total. The molecule has 2 heterocycles. The van der Waals surface area contributed by atoms with Crippen molar-refractivity contribution in [2.24, 2.45) is 5.14 Å². The zero-order chi connectivity index (χ0) is 18.9. The lowest BCUT2D eigenvalue weighted by atomic mass is 10.0. The second kappa shape index (κ2) is 7.22. The van der Waals surface area contributed by atoms with Gasteiger partial charge in [0.2, 0.25) is 5.95 Å². The van der Waals surface area contributed by atoms with E-state index in [2.05, 4.69) is 14.6 Å². The summed E-state index contributed by atoms with van der Waals surface area (Å²) in [6.07, 6.45) is 1.10. The summed E-state index contributed by atoms with van der Waals surface area (Å²) in [7, 11) is -0.642. The number of nitrogens with two attached hydrogens (primary N) is 1. The molecule has 142 valence electrons. The number of benzene rings is 1. The first-order valence-electron chi connectivity index (χ1n) is 8.28. The van der Waals surface area contributed by atoms with E-state index in [1.165, 1.54) is 0 Å². The Morgan fingerprint density at radius 1 is 1.23 bits per heavy atom. The Kier molecular flexibility index (Phi) is 5.17. The summed E-state index contributed by atoms with van der Waals surface area (Å²) in [5, 5.41) is 5.84. The van der Waals surface area contributed by atoms with E-state index in [4.69, 9.17) is 19.6 Å². The lowest BCUT2D eigenvalue weighted by molar-refractivity contribution is 0.355. The van der Waals surface area contributed by atoms with Crippen molar-refractivity contribution in [3.8, 4) is 11.5 Å². The SMILES string of the molecule is COc1cc2nc(N3CCC3)nc(C(C)CNS(N)(=O)=O)c2cc1OC. The summed E-state index contributed by atoms with van der Waals surface area (Å²) in [6, 6.07) is 3.62. The van der Waals surface area contributed by atoms with Crippen molar-refractivity contribution >= 4 is 27.1 Å². The standard InChI is InChI=1S/C16H23N5O4S/c1-10(9-18-26(17,22)23)15-11-7-13(24-2)14(25-3)8-12(11)19-16(20-15)21-5-4-6-21/h7-8,10,18H,4-6,9H2,1-3H3,(H2,17,22,23). The second-order valence-electron chi connectivity index (χ2n) is 6.27. The minimum Gasteiger partial charge on any atom is -0.493 e. The molecule has 0 aliphatic carbocycles. The first-order valence-corrected chi connectivity index (χ1v) is 9.83. The summed E-state index contributed by atoms with van der Waals surface area (Å²) in [5.41, 5.74) is 1.45. The van der Waals surface area contributed by atoms with Crippen LogP contribution in [0.2, 0.25) is 0 Å². The predicted octanol–water partition coefficient (Wildman–Crippen LogP) is 0.754. The molecule has 3 rings (SSSR count). The maximum atomic E-state index is 11.2. The van der Waals surface area contributed by atoms with E-state index in [0.717, 1.165) is 36.1 Å². The highest BCUT2D eigenvalue weighted by molar-refractivity contribution is 7.87. The molecule has 1 unspecified atom stereocenters. The van der Waals surface area contributed by atoms with Crippen LogP contribution in [0.15, 0.2) is 12.1 Å². The van der Waals surface area contributed by atoms with Gasteiger partial charge >= 0.3 is 0 Å². The van der Waals surface area contributed by atoms with Crippen molar-refractivity contribution in [1.29, 1.82) is 0 Å². The van der Waals surface area contributed by atoms with Crippen LogP contribution in [-0.2, 0) is 10.2 Å². The Morgan fingerprint density at radius 3 is 2.42 bits per heavy atom. The molecule has 0 spiro atoms. The largest absolute Gasteiger partial charge is 0.493 e. The molecule has 1 saturated heterocycles. The minimum absolute atomic E-state index is 0.138. The molecule has 0 saturated carbocycles. The van der Waals surface area contributed by atoms with Crippen molar-refractivity contribution < 1.29 is 17.9 Å². The first kappa shape index (κ1) is 18.6. The van der Waals surface area contributed by atoms with E-state index in [1.54, 1.807) is 14.2 Å². The summed E-state index contributed by atoms with van der Waals surface area (Å²) >= 11 is 0. The number of fused-ring (bicyclic) bond motifs is 1. The lowest BCUT2D eigenvalue weighted by Crippen LogP contribution is -2.38. The number of ether oxygens (including phenoxy) is 2. The molecule has 1 fully saturated rings. The van der Waals surface area contributed by atoms with E-state index in [9.17, 15) is 8.42 Å². The molecule has 1 aliphatic heterocycles. The van der Waals surface area contributed by atoms with Crippen molar-refractivity contribution in [2.45, 2.75) is 19.3 Å². The lowest BCUT2D eigenvalue weighted by Gasteiger charge is -2.31. The molecular formula is C16H23N5O4S. The van der Waals surface area contributed by atoms with Crippen LogP contribution in [-0.4, -0.2) is 52.2 Å². The van der Waals surface area contributed by atoms with Gasteiger partial charge < -0.3 is 14.4 Å². The van der Waals surface area contributed by atoms with Gasteiger partial charge in [-0.3, -0.25) is 0 Å². The number of anilines is 1. The van der Waals surface area contributed by atoms with E-state index in [-0.39, 0.29) is 12.5 Å². The maximum absolute atomic E-state index is 11.2. The van der Waals surface area contributed by atoms with Crippen LogP contribution in [0.25, 0.3) is 10.9 Å². The highest BCUT2D eigenvalue weighted by Crippen LogP contribution is 2.35. The number of methoxy groups -OCH3 is 2. The van der Waals surface area contributed by atoms with Crippen molar-refractivity contribution in [1.82, 2.24) is 14.7 Å². The zero-order valence-electron chi connectivity index (χ0n) is 15.0. The fraction of sp³-hybridized carbons (Fsp3) is 0.500. The zero-order valence-corrected chi connectivity index (χ0v) is 15.8. The quantitative estimate of drug-likeness (QED) is 0.726. The van der Waals surface area contributed by atoms with Gasteiger partial charge in [0.15, 0.2) is 11.5 Å². The number of nitrogens with one attached hydrogen (secondary N) is 1. The summed E-state index contributed by atoms with van der Waals surface area (Å²) < 4.78 is 35.6. The average Bonchev–Trinajstić information content (AvgIpc) is 2.55. The number of rotatable bonds is 7. The molecular weight excluding hydrogens is 358 g/mol. The van der Waals surface area contributed by atoms with Crippen LogP contribution in [0, 0.1) is 0 Å². The highest BCUT2D eigenvalue weighted by Gasteiger charge is 2.23. The molecule has 26 heavy (non-hydrogen) atoms. The second-order valence-corrected chi connectivity index (χ2v) is 7.65. The summed E-state index contributed by atoms with van der Waals surface area (Å²) in [5.74, 6) is 1.56. The van der Waals surface area contributed by atoms with E-state index in [1.807, 2.05) is 19.1 Å². The Hall–Kier alpha value is -2.17. The molecule has 1 aromatic carbocycles. The molecule has 2 aromatic rings. The number of hydrogen-bond acceptors (Lipinski definition) is 7. The van der Waals surface area contributed by atoms with Gasteiger partial charge in [0, 0.05) is 37.0 Å². The minimum atomic E-state index is -3.77. The van der Waals surface area contributed by atoms with Gasteiger partial charge in [-0.1, -0.05) is 6.92 Å². The molecule has 0 bridgehead atoms. The maximum Gasteiger partial charge on any atom is 0.274 e. The molecule has 10 heteroatoms. The third kappa shape index (κ3) is 3.81. The van der Waals surface area contributed by atoms with Crippen molar-refractivity contribution in [2.75, 3.05) is 38.8 Å². The number of nitrogens with zero attached hydrogens (tertiary/aromatic N) is 3. The van der Waals surface area contributed by atoms with E-state index < -0.39 is 10.2 Å². The van der Waals surface area contributed by atoms with Gasteiger partial charge in [-0.15, -0.1) is 0 Å². The normalized spacial score (nSPS) is 15.6. The number of aromatic nitrogens is 2. The first-order chi connectivity index (χ1) is 12.3. The van der Waals surface area contributed by atoms with E-state index >= 15 is 0 Å². The molecule has 0 radical (unpaired) electrons. The van der Waals surface area contributed by atoms with Crippen LogP contribution in [0.4, 0.5) is 5.95 Å². The van der Waals surface area contributed by atoms with Gasteiger partial charge in [-0.2, -0.15) is 8.42 Å². The Balaban J connectivity index is 2.10. The van der Waals surface area contributed by atoms with Gasteiger partial charge in [0.25, 0.3) is 10.2 Å². The Labute approximate surface area is 152 Å².